The minimum atomic E-state index is -0.542. The van der Waals surface area contributed by atoms with E-state index >= 15 is 0 Å². The van der Waals surface area contributed by atoms with Crippen molar-refractivity contribution < 1.29 is 38.7 Å². The van der Waals surface area contributed by atoms with Crippen molar-refractivity contribution in [2.75, 3.05) is 27.4 Å². The van der Waals surface area contributed by atoms with Crippen molar-refractivity contribution in [1.82, 2.24) is 0 Å². The molecule has 0 unspecified atom stereocenters. The van der Waals surface area contributed by atoms with Crippen LogP contribution in [0.4, 0.5) is 0 Å². The number of benzene rings is 2. The lowest BCUT2D eigenvalue weighted by molar-refractivity contribution is -0.140. The van der Waals surface area contributed by atoms with Crippen LogP contribution >= 0.6 is 0 Å². The Hall–Kier alpha value is -3.94. The van der Waals surface area contributed by atoms with Crippen molar-refractivity contribution in [2.45, 2.75) is 6.42 Å². The standard InChI is InChI=1S/C23H24O8/c1-28-20-14-16(4-8-18(20)24)6-10-22(26)30-12-3-13-31-23(27)11-7-17-5-9-19(25)21(15-17)29-2/h4-11,14-15,24-25H,3,12-13H2,1-2H3/b10-6+,11-7+. The Balaban J connectivity index is 1.68. The van der Waals surface area contributed by atoms with Crippen LogP contribution in [0.25, 0.3) is 12.2 Å². The van der Waals surface area contributed by atoms with Gasteiger partial charge in [-0.15, -0.1) is 0 Å². The number of hydrogen-bond donors (Lipinski definition) is 2. The van der Waals surface area contributed by atoms with Gasteiger partial charge in [-0.2, -0.15) is 0 Å². The zero-order valence-electron chi connectivity index (χ0n) is 17.2. The first-order valence-electron chi connectivity index (χ1n) is 9.36. The number of carbonyl (C=O) groups is 2. The van der Waals surface area contributed by atoms with Gasteiger partial charge in [-0.1, -0.05) is 12.1 Å². The number of phenols is 2. The Morgan fingerprint density at radius 2 is 1.19 bits per heavy atom. The first kappa shape index (κ1) is 23.3. The lowest BCUT2D eigenvalue weighted by Gasteiger charge is -2.05. The Morgan fingerprint density at radius 3 is 1.58 bits per heavy atom. The molecule has 0 saturated carbocycles. The fourth-order valence-corrected chi connectivity index (χ4v) is 2.42. The lowest BCUT2D eigenvalue weighted by atomic mass is 10.2. The van der Waals surface area contributed by atoms with Gasteiger partial charge in [-0.05, 0) is 47.5 Å². The summed E-state index contributed by atoms with van der Waals surface area (Å²) in [4.78, 5) is 23.5. The third kappa shape index (κ3) is 7.77. The molecule has 2 aromatic rings. The van der Waals surface area contributed by atoms with Gasteiger partial charge in [0.25, 0.3) is 0 Å². The molecule has 0 spiro atoms. The second kappa shape index (κ2) is 11.9. The molecule has 2 N–H and O–H groups in total. The predicted octanol–water partition coefficient (Wildman–Crippen LogP) is 3.32. The average Bonchev–Trinajstić information content (AvgIpc) is 2.77. The van der Waals surface area contributed by atoms with Crippen molar-refractivity contribution in [1.29, 1.82) is 0 Å². The largest absolute Gasteiger partial charge is 0.504 e. The zero-order chi connectivity index (χ0) is 22.6. The number of hydrogen-bond acceptors (Lipinski definition) is 8. The van der Waals surface area contributed by atoms with Crippen molar-refractivity contribution in [3.05, 3.63) is 59.7 Å². The molecule has 0 fully saturated rings. The third-order valence-electron chi connectivity index (χ3n) is 4.01. The summed E-state index contributed by atoms with van der Waals surface area (Å²) in [7, 11) is 2.87. The molecule has 0 amide bonds. The summed E-state index contributed by atoms with van der Waals surface area (Å²) in [6.07, 6.45) is 5.93. The van der Waals surface area contributed by atoms with Crippen LogP contribution in [0.1, 0.15) is 17.5 Å². The Bertz CT molecular complexity index is 885. The van der Waals surface area contributed by atoms with Crippen LogP contribution in [0.5, 0.6) is 23.0 Å². The Morgan fingerprint density at radius 1 is 0.774 bits per heavy atom. The molecule has 0 aliphatic heterocycles. The van der Waals surface area contributed by atoms with Crippen LogP contribution in [-0.2, 0) is 19.1 Å². The molecule has 0 aromatic heterocycles. The normalized spacial score (nSPS) is 10.9. The molecule has 164 valence electrons. The van der Waals surface area contributed by atoms with E-state index in [0.717, 1.165) is 0 Å². The number of carbonyl (C=O) groups excluding carboxylic acids is 2. The van der Waals surface area contributed by atoms with Gasteiger partial charge < -0.3 is 29.2 Å². The first-order chi connectivity index (χ1) is 14.9. The third-order valence-corrected chi connectivity index (χ3v) is 4.01. The highest BCUT2D eigenvalue weighted by atomic mass is 16.5. The minimum Gasteiger partial charge on any atom is -0.504 e. The van der Waals surface area contributed by atoms with Gasteiger partial charge in [0.2, 0.25) is 0 Å². The van der Waals surface area contributed by atoms with E-state index in [1.165, 1.54) is 50.7 Å². The molecule has 0 saturated heterocycles. The van der Waals surface area contributed by atoms with E-state index < -0.39 is 11.9 Å². The van der Waals surface area contributed by atoms with Gasteiger partial charge in [0.1, 0.15) is 0 Å². The van der Waals surface area contributed by atoms with Crippen molar-refractivity contribution >= 4 is 24.1 Å². The number of rotatable bonds is 10. The number of ether oxygens (including phenoxy) is 4. The van der Waals surface area contributed by atoms with E-state index in [4.69, 9.17) is 18.9 Å². The number of methoxy groups -OCH3 is 2. The molecule has 0 bridgehead atoms. The molecule has 0 heterocycles. The van der Waals surface area contributed by atoms with E-state index in [1.54, 1.807) is 24.3 Å². The second-order valence-electron chi connectivity index (χ2n) is 6.22. The summed E-state index contributed by atoms with van der Waals surface area (Å²) >= 11 is 0. The fourth-order valence-electron chi connectivity index (χ4n) is 2.42. The Kier molecular flexibility index (Phi) is 8.97. The molecule has 2 rings (SSSR count). The van der Waals surface area contributed by atoms with Crippen LogP contribution in [-0.4, -0.2) is 49.6 Å². The van der Waals surface area contributed by atoms with E-state index in [0.29, 0.717) is 29.0 Å². The quantitative estimate of drug-likeness (QED) is 0.337. The van der Waals surface area contributed by atoms with Gasteiger partial charge in [-0.25, -0.2) is 9.59 Å². The highest BCUT2D eigenvalue weighted by molar-refractivity contribution is 5.87. The summed E-state index contributed by atoms with van der Waals surface area (Å²) in [6, 6.07) is 9.35. The summed E-state index contributed by atoms with van der Waals surface area (Å²) in [6.45, 7) is 0.183. The second-order valence-corrected chi connectivity index (χ2v) is 6.22. The zero-order valence-corrected chi connectivity index (χ0v) is 17.2. The summed E-state index contributed by atoms with van der Waals surface area (Å²) in [5.41, 5.74) is 1.33. The molecule has 0 atom stereocenters. The predicted molar refractivity (Wildman–Crippen MR) is 114 cm³/mol. The lowest BCUT2D eigenvalue weighted by Crippen LogP contribution is -2.08. The molecule has 0 aliphatic rings. The van der Waals surface area contributed by atoms with Crippen LogP contribution in [0.3, 0.4) is 0 Å². The summed E-state index contributed by atoms with van der Waals surface area (Å²) < 4.78 is 20.1. The maximum atomic E-state index is 11.7. The van der Waals surface area contributed by atoms with Gasteiger partial charge >= 0.3 is 11.9 Å². The SMILES string of the molecule is COc1cc(/C=C/C(=O)OCCCOC(=O)/C=C/c2ccc(O)c(OC)c2)ccc1O. The van der Waals surface area contributed by atoms with Gasteiger partial charge in [0, 0.05) is 18.6 Å². The number of aromatic hydroxyl groups is 2. The molecule has 8 heteroatoms. The van der Waals surface area contributed by atoms with Crippen LogP contribution in [0.15, 0.2) is 48.6 Å². The highest BCUT2D eigenvalue weighted by Gasteiger charge is 2.04. The van der Waals surface area contributed by atoms with E-state index in [2.05, 4.69) is 0 Å². The summed E-state index contributed by atoms with van der Waals surface area (Å²) in [5, 5.41) is 19.1. The smallest absolute Gasteiger partial charge is 0.330 e. The maximum Gasteiger partial charge on any atom is 0.330 e. The van der Waals surface area contributed by atoms with Crippen LogP contribution in [0, 0.1) is 0 Å². The van der Waals surface area contributed by atoms with Crippen molar-refractivity contribution in [3.63, 3.8) is 0 Å². The van der Waals surface area contributed by atoms with E-state index in [9.17, 15) is 19.8 Å². The van der Waals surface area contributed by atoms with Crippen molar-refractivity contribution in [3.8, 4) is 23.0 Å². The van der Waals surface area contributed by atoms with Gasteiger partial charge in [0.05, 0.1) is 27.4 Å². The van der Waals surface area contributed by atoms with Crippen molar-refractivity contribution in [2.24, 2.45) is 0 Å². The van der Waals surface area contributed by atoms with Crippen LogP contribution < -0.4 is 9.47 Å². The first-order valence-corrected chi connectivity index (χ1v) is 9.36. The molecular formula is C23H24O8. The molecule has 8 nitrogen and oxygen atoms in total. The molecular weight excluding hydrogens is 404 g/mol. The summed E-state index contributed by atoms with van der Waals surface area (Å²) in [5.74, 6) is -0.463. The maximum absolute atomic E-state index is 11.7. The van der Waals surface area contributed by atoms with E-state index in [1.807, 2.05) is 0 Å². The Labute approximate surface area is 179 Å². The monoisotopic (exact) mass is 428 g/mol. The van der Waals surface area contributed by atoms with Crippen LogP contribution in [0.2, 0.25) is 0 Å². The average molecular weight is 428 g/mol. The van der Waals surface area contributed by atoms with Gasteiger partial charge in [0.15, 0.2) is 23.0 Å². The highest BCUT2D eigenvalue weighted by Crippen LogP contribution is 2.27. The fraction of sp³-hybridized carbons (Fsp3) is 0.217. The molecule has 31 heavy (non-hydrogen) atoms. The van der Waals surface area contributed by atoms with E-state index in [-0.39, 0.29) is 24.7 Å². The molecule has 0 aliphatic carbocycles. The van der Waals surface area contributed by atoms with Gasteiger partial charge in [-0.3, -0.25) is 0 Å². The topological polar surface area (TPSA) is 112 Å². The molecule has 0 radical (unpaired) electrons. The molecule has 2 aromatic carbocycles. The minimum absolute atomic E-state index is 0.00871. The number of esters is 2. The number of phenolic OH excluding ortho intramolecular Hbond substituents is 2.